The van der Waals surface area contributed by atoms with Crippen LogP contribution in [0.4, 0.5) is 5.13 Å². The maximum atomic E-state index is 12.7. The van der Waals surface area contributed by atoms with Crippen molar-refractivity contribution in [3.8, 4) is 5.75 Å². The fourth-order valence-corrected chi connectivity index (χ4v) is 3.26. The summed E-state index contributed by atoms with van der Waals surface area (Å²) in [5.74, 6) is 1.05. The lowest BCUT2D eigenvalue weighted by Gasteiger charge is -2.17. The van der Waals surface area contributed by atoms with Gasteiger partial charge in [0.1, 0.15) is 10.8 Å². The molecule has 6 heteroatoms. The first kappa shape index (κ1) is 15.0. The predicted molar refractivity (Wildman–Crippen MR) is 86.5 cm³/mol. The van der Waals surface area contributed by atoms with Crippen molar-refractivity contribution in [2.75, 3.05) is 12.4 Å². The minimum atomic E-state index is -0.490. The van der Waals surface area contributed by atoms with Gasteiger partial charge in [0.25, 0.3) is 0 Å². The van der Waals surface area contributed by atoms with Gasteiger partial charge in [0.05, 0.1) is 12.5 Å². The number of carbonyl (C=O) groups is 1. The number of rotatable bonds is 5. The number of carbonyl (C=O) groups excluding carboxylic acids is 1. The molecule has 0 aliphatic heterocycles. The summed E-state index contributed by atoms with van der Waals surface area (Å²) in [4.78, 5) is 12.7. The Bertz CT molecular complexity index is 692. The Morgan fingerprint density at radius 1 is 1.32 bits per heavy atom. The first-order valence-electron chi connectivity index (χ1n) is 7.35. The van der Waals surface area contributed by atoms with Crippen LogP contribution in [-0.2, 0) is 10.2 Å². The van der Waals surface area contributed by atoms with Gasteiger partial charge in [-0.3, -0.25) is 10.1 Å². The Labute approximate surface area is 133 Å². The number of ether oxygens (including phenoxy) is 1. The standard InChI is InChI=1S/C16H19N3O2S/c1-10(2)13-18-19-15(22-13)17-14(20)16(8-9-16)11-6-4-5-7-12(11)21-3/h4-7,10H,8-9H2,1-3H3,(H,17,19,20). The first-order chi connectivity index (χ1) is 10.6. The molecule has 1 N–H and O–H groups in total. The summed E-state index contributed by atoms with van der Waals surface area (Å²) < 4.78 is 5.40. The number of benzene rings is 1. The SMILES string of the molecule is COc1ccccc1C1(C(=O)Nc2nnc(C(C)C)s2)CC1. The molecule has 1 aliphatic carbocycles. The van der Waals surface area contributed by atoms with Crippen LogP contribution in [0.5, 0.6) is 5.75 Å². The van der Waals surface area contributed by atoms with Crippen molar-refractivity contribution in [3.05, 3.63) is 34.8 Å². The molecule has 1 heterocycles. The van der Waals surface area contributed by atoms with E-state index in [1.54, 1.807) is 7.11 Å². The number of amides is 1. The number of methoxy groups -OCH3 is 1. The summed E-state index contributed by atoms with van der Waals surface area (Å²) in [5, 5.41) is 12.6. The number of nitrogens with zero attached hydrogens (tertiary/aromatic N) is 2. The predicted octanol–water partition coefficient (Wildman–Crippen LogP) is 3.34. The molecule has 22 heavy (non-hydrogen) atoms. The average molecular weight is 317 g/mol. The monoisotopic (exact) mass is 317 g/mol. The van der Waals surface area contributed by atoms with Crippen molar-refractivity contribution in [3.63, 3.8) is 0 Å². The van der Waals surface area contributed by atoms with Gasteiger partial charge in [0, 0.05) is 11.5 Å². The maximum Gasteiger partial charge on any atom is 0.236 e. The van der Waals surface area contributed by atoms with E-state index < -0.39 is 5.41 Å². The van der Waals surface area contributed by atoms with Crippen molar-refractivity contribution in [2.24, 2.45) is 0 Å². The second kappa shape index (κ2) is 5.68. The molecule has 1 aliphatic rings. The van der Waals surface area contributed by atoms with Gasteiger partial charge in [-0.05, 0) is 18.9 Å². The molecule has 1 aromatic heterocycles. The van der Waals surface area contributed by atoms with Crippen molar-refractivity contribution >= 4 is 22.4 Å². The van der Waals surface area contributed by atoms with E-state index in [0.717, 1.165) is 29.2 Å². The summed E-state index contributed by atoms with van der Waals surface area (Å²) in [6.45, 7) is 4.12. The van der Waals surface area contributed by atoms with Crippen molar-refractivity contribution in [2.45, 2.75) is 38.0 Å². The van der Waals surface area contributed by atoms with Gasteiger partial charge in [-0.25, -0.2) is 0 Å². The largest absolute Gasteiger partial charge is 0.496 e. The summed E-state index contributed by atoms with van der Waals surface area (Å²) in [5.41, 5.74) is 0.458. The molecule has 2 aromatic rings. The van der Waals surface area contributed by atoms with Gasteiger partial charge < -0.3 is 4.74 Å². The van der Waals surface area contributed by atoms with Gasteiger partial charge in [0.15, 0.2) is 0 Å². The number of anilines is 1. The molecule has 116 valence electrons. The van der Waals surface area contributed by atoms with Crippen LogP contribution in [0.25, 0.3) is 0 Å². The molecule has 1 amide bonds. The van der Waals surface area contributed by atoms with Crippen LogP contribution in [0.15, 0.2) is 24.3 Å². The minimum Gasteiger partial charge on any atom is -0.496 e. The second-order valence-corrected chi connectivity index (χ2v) is 6.85. The summed E-state index contributed by atoms with van der Waals surface area (Å²) in [6.07, 6.45) is 1.66. The summed E-state index contributed by atoms with van der Waals surface area (Å²) in [6, 6.07) is 7.71. The number of hydrogen-bond donors (Lipinski definition) is 1. The normalized spacial score (nSPS) is 15.6. The zero-order valence-corrected chi connectivity index (χ0v) is 13.7. The fourth-order valence-electron chi connectivity index (χ4n) is 2.52. The smallest absolute Gasteiger partial charge is 0.236 e. The molecule has 0 spiro atoms. The molecule has 0 saturated heterocycles. The lowest BCUT2D eigenvalue weighted by Crippen LogP contribution is -2.28. The molecule has 3 rings (SSSR count). The van der Waals surface area contributed by atoms with Crippen LogP contribution in [0.3, 0.4) is 0 Å². The van der Waals surface area contributed by atoms with E-state index in [1.165, 1.54) is 11.3 Å². The van der Waals surface area contributed by atoms with Crippen molar-refractivity contribution < 1.29 is 9.53 Å². The number of para-hydroxylation sites is 1. The molecular weight excluding hydrogens is 298 g/mol. The Morgan fingerprint density at radius 2 is 2.05 bits per heavy atom. The number of nitrogens with one attached hydrogen (secondary N) is 1. The molecular formula is C16H19N3O2S. The van der Waals surface area contributed by atoms with Gasteiger partial charge >= 0.3 is 0 Å². The average Bonchev–Trinajstić information content (AvgIpc) is 3.20. The highest BCUT2D eigenvalue weighted by molar-refractivity contribution is 7.15. The highest BCUT2D eigenvalue weighted by Crippen LogP contribution is 2.52. The minimum absolute atomic E-state index is 0.0246. The second-order valence-electron chi connectivity index (χ2n) is 5.84. The molecule has 1 saturated carbocycles. The van der Waals surface area contributed by atoms with Crippen LogP contribution in [0, 0.1) is 0 Å². The van der Waals surface area contributed by atoms with E-state index in [0.29, 0.717) is 11.0 Å². The molecule has 0 atom stereocenters. The van der Waals surface area contributed by atoms with E-state index >= 15 is 0 Å². The van der Waals surface area contributed by atoms with Crippen LogP contribution < -0.4 is 10.1 Å². The highest BCUT2D eigenvalue weighted by Gasteiger charge is 2.53. The van der Waals surface area contributed by atoms with Crippen molar-refractivity contribution in [1.82, 2.24) is 10.2 Å². The zero-order valence-electron chi connectivity index (χ0n) is 12.9. The third kappa shape index (κ3) is 2.59. The summed E-state index contributed by atoms with van der Waals surface area (Å²) >= 11 is 1.43. The van der Waals surface area contributed by atoms with E-state index in [-0.39, 0.29) is 5.91 Å². The van der Waals surface area contributed by atoms with Gasteiger partial charge in [-0.15, -0.1) is 10.2 Å². The Hall–Kier alpha value is -1.95. The molecule has 5 nitrogen and oxygen atoms in total. The molecule has 1 fully saturated rings. The molecule has 1 aromatic carbocycles. The third-order valence-electron chi connectivity index (χ3n) is 3.96. The zero-order chi connectivity index (χ0) is 15.7. The number of aromatic nitrogens is 2. The Balaban J connectivity index is 1.82. The van der Waals surface area contributed by atoms with Crippen LogP contribution in [0.2, 0.25) is 0 Å². The quantitative estimate of drug-likeness (QED) is 0.918. The Morgan fingerprint density at radius 3 is 2.64 bits per heavy atom. The lowest BCUT2D eigenvalue weighted by molar-refractivity contribution is -0.118. The van der Waals surface area contributed by atoms with Gasteiger partial charge in [-0.2, -0.15) is 0 Å². The van der Waals surface area contributed by atoms with E-state index in [4.69, 9.17) is 4.74 Å². The van der Waals surface area contributed by atoms with Crippen molar-refractivity contribution in [1.29, 1.82) is 0 Å². The van der Waals surface area contributed by atoms with Crippen LogP contribution in [0.1, 0.15) is 43.2 Å². The maximum absolute atomic E-state index is 12.7. The van der Waals surface area contributed by atoms with E-state index in [1.807, 2.05) is 24.3 Å². The Kier molecular flexibility index (Phi) is 3.87. The molecule has 0 bridgehead atoms. The van der Waals surface area contributed by atoms with Crippen LogP contribution >= 0.6 is 11.3 Å². The van der Waals surface area contributed by atoms with Gasteiger partial charge in [0.2, 0.25) is 11.0 Å². The highest BCUT2D eigenvalue weighted by atomic mass is 32.1. The topological polar surface area (TPSA) is 64.1 Å². The van der Waals surface area contributed by atoms with E-state index in [9.17, 15) is 4.79 Å². The first-order valence-corrected chi connectivity index (χ1v) is 8.17. The lowest BCUT2D eigenvalue weighted by atomic mass is 9.94. The molecule has 0 radical (unpaired) electrons. The van der Waals surface area contributed by atoms with E-state index in [2.05, 4.69) is 29.4 Å². The molecule has 0 unspecified atom stereocenters. The fraction of sp³-hybridized carbons (Fsp3) is 0.438. The third-order valence-corrected chi connectivity index (χ3v) is 5.10. The summed E-state index contributed by atoms with van der Waals surface area (Å²) in [7, 11) is 1.63. The van der Waals surface area contributed by atoms with Crippen LogP contribution in [-0.4, -0.2) is 23.2 Å². The van der Waals surface area contributed by atoms with Gasteiger partial charge in [-0.1, -0.05) is 43.4 Å². The number of hydrogen-bond acceptors (Lipinski definition) is 5.